The third kappa shape index (κ3) is 1.46. The Balaban J connectivity index is 2.38. The van der Waals surface area contributed by atoms with Gasteiger partial charge in [-0.1, -0.05) is 0 Å². The standard InChI is InChI=1S/C6H11NO3/c7-4(6(9)10)5(8)3-1-2-3/h3-5,8H,1-2,7H2,(H,9,10). The van der Waals surface area contributed by atoms with Crippen molar-refractivity contribution in [2.45, 2.75) is 25.0 Å². The molecule has 2 unspecified atom stereocenters. The third-order valence-electron chi connectivity index (χ3n) is 1.76. The summed E-state index contributed by atoms with van der Waals surface area (Å²) < 4.78 is 0. The van der Waals surface area contributed by atoms with E-state index < -0.39 is 18.1 Å². The molecular formula is C6H11NO3. The lowest BCUT2D eigenvalue weighted by molar-refractivity contribution is -0.141. The van der Waals surface area contributed by atoms with Crippen molar-refractivity contribution in [3.63, 3.8) is 0 Å². The molecule has 1 rings (SSSR count). The molecule has 1 saturated carbocycles. The molecule has 0 aromatic carbocycles. The quantitative estimate of drug-likeness (QED) is 0.484. The van der Waals surface area contributed by atoms with Gasteiger partial charge in [0.25, 0.3) is 0 Å². The first-order chi connectivity index (χ1) is 4.63. The molecule has 0 amide bonds. The molecular weight excluding hydrogens is 134 g/mol. The summed E-state index contributed by atoms with van der Waals surface area (Å²) >= 11 is 0. The Morgan fingerprint density at radius 2 is 2.10 bits per heavy atom. The molecule has 58 valence electrons. The Labute approximate surface area is 58.6 Å². The van der Waals surface area contributed by atoms with Crippen molar-refractivity contribution >= 4 is 5.97 Å². The molecule has 0 saturated heterocycles. The van der Waals surface area contributed by atoms with Crippen molar-refractivity contribution in [2.75, 3.05) is 0 Å². The van der Waals surface area contributed by atoms with E-state index in [9.17, 15) is 4.79 Å². The summed E-state index contributed by atoms with van der Waals surface area (Å²) in [7, 11) is 0. The van der Waals surface area contributed by atoms with Gasteiger partial charge < -0.3 is 15.9 Å². The van der Waals surface area contributed by atoms with Crippen molar-refractivity contribution in [3.8, 4) is 0 Å². The number of aliphatic hydroxyl groups excluding tert-OH is 1. The van der Waals surface area contributed by atoms with Gasteiger partial charge in [0.2, 0.25) is 0 Å². The molecule has 1 fully saturated rings. The number of rotatable bonds is 3. The molecule has 0 heterocycles. The molecule has 0 aromatic rings. The molecule has 4 heteroatoms. The van der Waals surface area contributed by atoms with Crippen LogP contribution in [0.4, 0.5) is 0 Å². The second kappa shape index (κ2) is 2.56. The van der Waals surface area contributed by atoms with Gasteiger partial charge in [0.1, 0.15) is 6.04 Å². The minimum atomic E-state index is -1.13. The fourth-order valence-corrected chi connectivity index (χ4v) is 0.877. The molecule has 0 spiro atoms. The summed E-state index contributed by atoms with van der Waals surface area (Å²) in [6, 6.07) is -1.10. The van der Waals surface area contributed by atoms with Crippen LogP contribution in [-0.4, -0.2) is 28.3 Å². The van der Waals surface area contributed by atoms with Gasteiger partial charge in [-0.25, -0.2) is 0 Å². The van der Waals surface area contributed by atoms with E-state index in [-0.39, 0.29) is 5.92 Å². The zero-order valence-corrected chi connectivity index (χ0v) is 5.53. The average molecular weight is 145 g/mol. The number of hydrogen-bond acceptors (Lipinski definition) is 3. The molecule has 0 aliphatic heterocycles. The number of carbonyl (C=O) groups is 1. The molecule has 1 aliphatic rings. The maximum atomic E-state index is 10.2. The fourth-order valence-electron chi connectivity index (χ4n) is 0.877. The molecule has 10 heavy (non-hydrogen) atoms. The fraction of sp³-hybridized carbons (Fsp3) is 0.833. The van der Waals surface area contributed by atoms with E-state index >= 15 is 0 Å². The zero-order chi connectivity index (χ0) is 7.72. The largest absolute Gasteiger partial charge is 0.480 e. The minimum absolute atomic E-state index is 0.131. The van der Waals surface area contributed by atoms with Crippen molar-refractivity contribution in [1.29, 1.82) is 0 Å². The van der Waals surface area contributed by atoms with Crippen LogP contribution in [-0.2, 0) is 4.79 Å². The maximum Gasteiger partial charge on any atom is 0.323 e. The van der Waals surface area contributed by atoms with Gasteiger partial charge in [0.15, 0.2) is 0 Å². The Morgan fingerprint density at radius 1 is 1.60 bits per heavy atom. The van der Waals surface area contributed by atoms with Crippen LogP contribution in [0.3, 0.4) is 0 Å². The first kappa shape index (κ1) is 7.50. The van der Waals surface area contributed by atoms with Crippen molar-refractivity contribution < 1.29 is 15.0 Å². The minimum Gasteiger partial charge on any atom is -0.480 e. The lowest BCUT2D eigenvalue weighted by Gasteiger charge is -2.12. The number of aliphatic carboxylic acids is 1. The van der Waals surface area contributed by atoms with Gasteiger partial charge in [-0.2, -0.15) is 0 Å². The Hall–Kier alpha value is -0.610. The molecule has 0 radical (unpaired) electrons. The maximum absolute atomic E-state index is 10.2. The van der Waals surface area contributed by atoms with Gasteiger partial charge >= 0.3 is 5.97 Å². The number of hydrogen-bond donors (Lipinski definition) is 3. The van der Waals surface area contributed by atoms with E-state index in [4.69, 9.17) is 15.9 Å². The number of carboxylic acid groups (broad SMARTS) is 1. The van der Waals surface area contributed by atoms with Crippen LogP contribution in [0.15, 0.2) is 0 Å². The third-order valence-corrected chi connectivity index (χ3v) is 1.76. The SMILES string of the molecule is NC(C(=O)O)C(O)C1CC1. The monoisotopic (exact) mass is 145 g/mol. The summed E-state index contributed by atoms with van der Waals surface area (Å²) in [6.07, 6.45) is 0.960. The van der Waals surface area contributed by atoms with Crippen LogP contribution in [0.25, 0.3) is 0 Å². The summed E-state index contributed by atoms with van der Waals surface area (Å²) in [5.74, 6) is -0.995. The van der Waals surface area contributed by atoms with Crippen molar-refractivity contribution in [3.05, 3.63) is 0 Å². The van der Waals surface area contributed by atoms with Gasteiger partial charge in [-0.3, -0.25) is 4.79 Å². The Bertz CT molecular complexity index is 144. The second-order valence-corrected chi connectivity index (χ2v) is 2.69. The summed E-state index contributed by atoms with van der Waals surface area (Å²) in [4.78, 5) is 10.2. The van der Waals surface area contributed by atoms with E-state index in [1.165, 1.54) is 0 Å². The van der Waals surface area contributed by atoms with Crippen molar-refractivity contribution in [2.24, 2.45) is 11.7 Å². The molecule has 1 aliphatic carbocycles. The van der Waals surface area contributed by atoms with Gasteiger partial charge in [-0.15, -0.1) is 0 Å². The van der Waals surface area contributed by atoms with E-state index in [1.807, 2.05) is 0 Å². The lowest BCUT2D eigenvalue weighted by Crippen LogP contribution is -2.42. The van der Waals surface area contributed by atoms with Crippen LogP contribution >= 0.6 is 0 Å². The number of nitrogens with two attached hydrogens (primary N) is 1. The smallest absolute Gasteiger partial charge is 0.323 e. The first-order valence-corrected chi connectivity index (χ1v) is 3.29. The van der Waals surface area contributed by atoms with Crippen molar-refractivity contribution in [1.82, 2.24) is 0 Å². The average Bonchev–Trinajstić information content (AvgIpc) is 2.65. The zero-order valence-electron chi connectivity index (χ0n) is 5.53. The molecule has 0 aromatic heterocycles. The van der Waals surface area contributed by atoms with Crippen LogP contribution in [0.1, 0.15) is 12.8 Å². The van der Waals surface area contributed by atoms with E-state index in [2.05, 4.69) is 0 Å². The first-order valence-electron chi connectivity index (χ1n) is 3.29. The highest BCUT2D eigenvalue weighted by Gasteiger charge is 2.36. The van der Waals surface area contributed by atoms with Crippen LogP contribution in [0.5, 0.6) is 0 Å². The highest BCUT2D eigenvalue weighted by Crippen LogP contribution is 2.33. The Morgan fingerprint density at radius 3 is 2.40 bits per heavy atom. The summed E-state index contributed by atoms with van der Waals surface area (Å²) in [5.41, 5.74) is 5.15. The lowest BCUT2D eigenvalue weighted by atomic mass is 10.1. The topological polar surface area (TPSA) is 83.6 Å². The summed E-state index contributed by atoms with van der Waals surface area (Å²) in [5, 5.41) is 17.5. The number of carboxylic acids is 1. The predicted molar refractivity (Wildman–Crippen MR) is 34.3 cm³/mol. The van der Waals surface area contributed by atoms with E-state index in [1.54, 1.807) is 0 Å². The summed E-state index contributed by atoms with van der Waals surface area (Å²) in [6.45, 7) is 0. The highest BCUT2D eigenvalue weighted by molar-refractivity contribution is 5.74. The van der Waals surface area contributed by atoms with Gasteiger partial charge in [-0.05, 0) is 18.8 Å². The van der Waals surface area contributed by atoms with E-state index in [0.29, 0.717) is 0 Å². The van der Waals surface area contributed by atoms with Gasteiger partial charge in [0.05, 0.1) is 6.10 Å². The molecule has 4 N–H and O–H groups in total. The van der Waals surface area contributed by atoms with Gasteiger partial charge in [0, 0.05) is 0 Å². The van der Waals surface area contributed by atoms with E-state index in [0.717, 1.165) is 12.8 Å². The van der Waals surface area contributed by atoms with Crippen LogP contribution in [0.2, 0.25) is 0 Å². The second-order valence-electron chi connectivity index (χ2n) is 2.69. The Kier molecular flexibility index (Phi) is 1.92. The molecule has 2 atom stereocenters. The normalized spacial score (nSPS) is 23.8. The van der Waals surface area contributed by atoms with Crippen LogP contribution < -0.4 is 5.73 Å². The predicted octanol–water partition coefficient (Wildman–Crippen LogP) is -0.831. The molecule has 4 nitrogen and oxygen atoms in total. The number of aliphatic hydroxyl groups is 1. The molecule has 0 bridgehead atoms. The highest BCUT2D eigenvalue weighted by atomic mass is 16.4. The van der Waals surface area contributed by atoms with Crippen LogP contribution in [0, 0.1) is 5.92 Å².